The van der Waals surface area contributed by atoms with Crippen LogP contribution in [0.2, 0.25) is 10.0 Å². The summed E-state index contributed by atoms with van der Waals surface area (Å²) in [5.74, 6) is -0.0144. The zero-order valence-electron chi connectivity index (χ0n) is 15.7. The second-order valence-electron chi connectivity index (χ2n) is 6.80. The first-order valence-electron chi connectivity index (χ1n) is 9.25. The van der Waals surface area contributed by atoms with Gasteiger partial charge in [-0.15, -0.1) is 0 Å². The molecule has 7 heteroatoms. The third kappa shape index (κ3) is 4.10. The van der Waals surface area contributed by atoms with E-state index >= 15 is 0 Å². The smallest absolute Gasteiger partial charge is 0.266 e. The van der Waals surface area contributed by atoms with Crippen molar-refractivity contribution in [2.45, 2.75) is 19.9 Å². The molecule has 0 radical (unpaired) electrons. The average molecular weight is 461 g/mol. The fourth-order valence-corrected chi connectivity index (χ4v) is 5.18. The molecule has 3 nitrogen and oxygen atoms in total. The van der Waals surface area contributed by atoms with Gasteiger partial charge in [0.2, 0.25) is 0 Å². The zero-order chi connectivity index (χ0) is 20.5. The van der Waals surface area contributed by atoms with Gasteiger partial charge in [-0.05, 0) is 36.3 Å². The van der Waals surface area contributed by atoms with Crippen LogP contribution in [0.3, 0.4) is 0 Å². The summed E-state index contributed by atoms with van der Waals surface area (Å²) in [6, 6.07) is 13.7. The fourth-order valence-electron chi connectivity index (χ4n) is 3.41. The highest BCUT2D eigenvalue weighted by atomic mass is 35.5. The summed E-state index contributed by atoms with van der Waals surface area (Å²) < 4.78 is 2.77. The molecule has 0 bridgehead atoms. The molecule has 1 aromatic heterocycles. The van der Waals surface area contributed by atoms with Gasteiger partial charge in [-0.1, -0.05) is 78.4 Å². The molecule has 0 unspecified atom stereocenters. The van der Waals surface area contributed by atoms with E-state index in [1.54, 1.807) is 11.0 Å². The van der Waals surface area contributed by atoms with Crippen LogP contribution in [0.15, 0.2) is 53.6 Å². The van der Waals surface area contributed by atoms with Crippen LogP contribution >= 0.6 is 47.2 Å². The van der Waals surface area contributed by atoms with Gasteiger partial charge < -0.3 is 4.57 Å². The number of carbonyl (C=O) groups excluding carboxylic acids is 1. The molecule has 1 aliphatic heterocycles. The van der Waals surface area contributed by atoms with E-state index in [1.165, 1.54) is 11.8 Å². The van der Waals surface area contributed by atoms with Crippen LogP contribution in [0.25, 0.3) is 17.0 Å². The summed E-state index contributed by atoms with van der Waals surface area (Å²) in [5.41, 5.74) is 3.05. The molecule has 0 atom stereocenters. The van der Waals surface area contributed by atoms with Crippen molar-refractivity contribution in [1.82, 2.24) is 9.47 Å². The molecule has 0 N–H and O–H groups in total. The lowest BCUT2D eigenvalue weighted by Crippen LogP contribution is -2.28. The fraction of sp³-hybridized carbons (Fsp3) is 0.182. The predicted molar refractivity (Wildman–Crippen MR) is 128 cm³/mol. The maximum Gasteiger partial charge on any atom is 0.266 e. The highest BCUT2D eigenvalue weighted by Crippen LogP contribution is 2.35. The number of para-hydroxylation sites is 1. The van der Waals surface area contributed by atoms with Crippen LogP contribution in [0.5, 0.6) is 0 Å². The Balaban J connectivity index is 1.73. The van der Waals surface area contributed by atoms with Crippen molar-refractivity contribution in [3.05, 3.63) is 74.7 Å². The number of nitrogens with zero attached hydrogens (tertiary/aromatic N) is 2. The first-order chi connectivity index (χ1) is 14.0. The minimum Gasteiger partial charge on any atom is -0.342 e. The Morgan fingerprint density at radius 3 is 2.72 bits per heavy atom. The minimum atomic E-state index is -0.0144. The van der Waals surface area contributed by atoms with Gasteiger partial charge in [0, 0.05) is 45.8 Å². The van der Waals surface area contributed by atoms with Gasteiger partial charge >= 0.3 is 0 Å². The van der Waals surface area contributed by atoms with Gasteiger partial charge in [0.05, 0.1) is 4.91 Å². The van der Waals surface area contributed by atoms with Crippen molar-refractivity contribution >= 4 is 74.4 Å². The highest BCUT2D eigenvalue weighted by molar-refractivity contribution is 8.26. The van der Waals surface area contributed by atoms with E-state index in [2.05, 4.69) is 22.9 Å². The monoisotopic (exact) mass is 460 g/mol. The van der Waals surface area contributed by atoms with Gasteiger partial charge in [0.25, 0.3) is 5.91 Å². The molecular formula is C22H18Cl2N2OS2. The lowest BCUT2D eigenvalue weighted by atomic mass is 10.1. The molecule has 1 aliphatic rings. The normalized spacial score (nSPS) is 15.8. The Morgan fingerprint density at radius 1 is 1.17 bits per heavy atom. The number of halogens is 2. The number of amides is 1. The molecule has 1 fully saturated rings. The topological polar surface area (TPSA) is 25.2 Å². The van der Waals surface area contributed by atoms with E-state index in [9.17, 15) is 4.79 Å². The van der Waals surface area contributed by atoms with Crippen molar-refractivity contribution in [2.24, 2.45) is 0 Å². The molecule has 0 spiro atoms. The molecule has 2 heterocycles. The molecule has 2 aromatic carbocycles. The Morgan fingerprint density at radius 2 is 1.97 bits per heavy atom. The molecule has 3 aromatic rings. The van der Waals surface area contributed by atoms with Crippen molar-refractivity contribution in [3.8, 4) is 0 Å². The first-order valence-corrected chi connectivity index (χ1v) is 11.2. The Hall–Kier alpha value is -1.79. The summed E-state index contributed by atoms with van der Waals surface area (Å²) >= 11 is 19.2. The standard InChI is InChI=1S/C22H18Cl2N2OS2/c1-2-9-26-21(27)20(29-22(26)28)10-15-13-25(19-6-4-3-5-17(15)19)12-14-7-8-16(23)11-18(14)24/h3-8,10-11,13H,2,9,12H2,1H3/b20-10-. The lowest BCUT2D eigenvalue weighted by molar-refractivity contribution is -0.122. The third-order valence-corrected chi connectivity index (χ3v) is 6.75. The molecule has 0 aliphatic carbocycles. The Bertz CT molecular complexity index is 1150. The summed E-state index contributed by atoms with van der Waals surface area (Å²) in [6.45, 7) is 3.30. The van der Waals surface area contributed by atoms with Gasteiger partial charge in [0.1, 0.15) is 4.32 Å². The number of thioether (sulfide) groups is 1. The molecule has 1 amide bonds. The van der Waals surface area contributed by atoms with Crippen molar-refractivity contribution in [1.29, 1.82) is 0 Å². The number of rotatable bonds is 5. The van der Waals surface area contributed by atoms with Gasteiger partial charge in [-0.2, -0.15) is 0 Å². The largest absolute Gasteiger partial charge is 0.342 e. The molecule has 29 heavy (non-hydrogen) atoms. The number of aromatic nitrogens is 1. The van der Waals surface area contributed by atoms with Gasteiger partial charge in [0.15, 0.2) is 0 Å². The second kappa shape index (κ2) is 8.52. The van der Waals surface area contributed by atoms with E-state index < -0.39 is 0 Å². The first kappa shape index (κ1) is 20.5. The van der Waals surface area contributed by atoms with E-state index in [-0.39, 0.29) is 5.91 Å². The molecular weight excluding hydrogens is 443 g/mol. The van der Waals surface area contributed by atoms with Crippen LogP contribution in [0.4, 0.5) is 0 Å². The van der Waals surface area contributed by atoms with Crippen LogP contribution in [-0.4, -0.2) is 26.2 Å². The Kier molecular flexibility index (Phi) is 6.02. The summed E-state index contributed by atoms with van der Waals surface area (Å²) in [7, 11) is 0. The lowest BCUT2D eigenvalue weighted by Gasteiger charge is -2.11. The van der Waals surface area contributed by atoms with Crippen LogP contribution in [0.1, 0.15) is 24.5 Å². The maximum atomic E-state index is 12.7. The number of carbonyl (C=O) groups is 1. The second-order valence-corrected chi connectivity index (χ2v) is 9.32. The molecule has 148 valence electrons. The zero-order valence-corrected chi connectivity index (χ0v) is 18.8. The SMILES string of the molecule is CCCN1C(=O)/C(=C/c2cn(Cc3ccc(Cl)cc3Cl)c3ccccc23)SC1=S. The number of thiocarbonyl (C=S) groups is 1. The van der Waals surface area contributed by atoms with Crippen LogP contribution in [0, 0.1) is 0 Å². The summed E-state index contributed by atoms with van der Waals surface area (Å²) in [5, 5.41) is 2.33. The third-order valence-electron chi connectivity index (χ3n) is 4.78. The van der Waals surface area contributed by atoms with Crippen LogP contribution < -0.4 is 0 Å². The van der Waals surface area contributed by atoms with Crippen molar-refractivity contribution in [3.63, 3.8) is 0 Å². The number of hydrogen-bond donors (Lipinski definition) is 0. The van der Waals surface area contributed by atoms with E-state index in [4.69, 9.17) is 35.4 Å². The summed E-state index contributed by atoms with van der Waals surface area (Å²) in [4.78, 5) is 15.1. The molecule has 1 saturated heterocycles. The highest BCUT2D eigenvalue weighted by Gasteiger charge is 2.31. The molecule has 0 saturated carbocycles. The van der Waals surface area contributed by atoms with E-state index in [0.717, 1.165) is 28.5 Å². The van der Waals surface area contributed by atoms with Crippen molar-refractivity contribution < 1.29 is 4.79 Å². The van der Waals surface area contributed by atoms with Crippen molar-refractivity contribution in [2.75, 3.05) is 6.54 Å². The quantitative estimate of drug-likeness (QED) is 0.316. The summed E-state index contributed by atoms with van der Waals surface area (Å²) in [6.07, 6.45) is 4.88. The van der Waals surface area contributed by atoms with Crippen LogP contribution in [-0.2, 0) is 11.3 Å². The van der Waals surface area contributed by atoms with Gasteiger partial charge in [-0.3, -0.25) is 9.69 Å². The van der Waals surface area contributed by atoms with E-state index in [0.29, 0.717) is 32.4 Å². The number of benzene rings is 2. The number of hydrogen-bond acceptors (Lipinski definition) is 3. The predicted octanol–water partition coefficient (Wildman–Crippen LogP) is 6.61. The van der Waals surface area contributed by atoms with Gasteiger partial charge in [-0.25, -0.2) is 0 Å². The number of fused-ring (bicyclic) bond motifs is 1. The molecule has 4 rings (SSSR count). The minimum absolute atomic E-state index is 0.0144. The van der Waals surface area contributed by atoms with E-state index in [1.807, 2.05) is 37.3 Å². The maximum absolute atomic E-state index is 12.7. The Labute approximate surface area is 189 Å². The average Bonchev–Trinajstić information content (AvgIpc) is 3.17.